The van der Waals surface area contributed by atoms with Crippen molar-refractivity contribution in [3.05, 3.63) is 29.8 Å². The lowest BCUT2D eigenvalue weighted by Crippen LogP contribution is -2.46. The van der Waals surface area contributed by atoms with E-state index in [1.165, 1.54) is 5.56 Å². The molecular formula is C22H34N4O3. The van der Waals surface area contributed by atoms with E-state index in [0.29, 0.717) is 11.9 Å². The first-order valence-electron chi connectivity index (χ1n) is 10.8. The predicted molar refractivity (Wildman–Crippen MR) is 115 cm³/mol. The molecule has 0 aliphatic carbocycles. The van der Waals surface area contributed by atoms with Gasteiger partial charge in [0.2, 0.25) is 5.91 Å². The molecule has 0 radical (unpaired) electrons. The van der Waals surface area contributed by atoms with Crippen molar-refractivity contribution in [1.82, 2.24) is 10.6 Å². The predicted octanol–water partition coefficient (Wildman–Crippen LogP) is 1.96. The average Bonchev–Trinajstić information content (AvgIpc) is 2.78. The Bertz CT molecular complexity index is 674. The molecule has 0 atom stereocenters. The number of rotatable bonds is 8. The van der Waals surface area contributed by atoms with Gasteiger partial charge in [0.25, 0.3) is 0 Å². The third-order valence-corrected chi connectivity index (χ3v) is 5.49. The first-order chi connectivity index (χ1) is 14.3. The third-order valence-electron chi connectivity index (χ3n) is 5.49. The topological polar surface area (TPSA) is 75.2 Å². The molecule has 2 aliphatic heterocycles. The van der Waals surface area contributed by atoms with Gasteiger partial charge in [-0.05, 0) is 49.7 Å². The Morgan fingerprint density at radius 2 is 2.10 bits per heavy atom. The number of nitrogens with one attached hydrogen (secondary N) is 2. The lowest BCUT2D eigenvalue weighted by atomic mass is 10.0. The van der Waals surface area contributed by atoms with Crippen LogP contribution in [-0.4, -0.2) is 65.0 Å². The summed E-state index contributed by atoms with van der Waals surface area (Å²) in [5.74, 6) is 1.35. The van der Waals surface area contributed by atoms with Crippen molar-refractivity contribution in [2.75, 3.05) is 58.0 Å². The number of guanidine groups is 1. The first kappa shape index (κ1) is 21.6. The summed E-state index contributed by atoms with van der Waals surface area (Å²) < 4.78 is 11.1. The van der Waals surface area contributed by atoms with E-state index in [1.54, 1.807) is 7.05 Å². The Labute approximate surface area is 173 Å². The largest absolute Gasteiger partial charge is 0.381 e. The van der Waals surface area contributed by atoms with Gasteiger partial charge in [0.1, 0.15) is 0 Å². The number of hydrogen-bond donors (Lipinski definition) is 2. The van der Waals surface area contributed by atoms with E-state index in [1.807, 2.05) is 23.1 Å². The Morgan fingerprint density at radius 1 is 1.28 bits per heavy atom. The molecule has 2 aliphatic rings. The third kappa shape index (κ3) is 6.72. The number of hydrogen-bond acceptors (Lipinski definition) is 4. The van der Waals surface area contributed by atoms with E-state index in [9.17, 15) is 4.79 Å². The molecule has 160 valence electrons. The summed E-state index contributed by atoms with van der Waals surface area (Å²) in [5, 5.41) is 6.39. The molecule has 0 unspecified atom stereocenters. The summed E-state index contributed by atoms with van der Waals surface area (Å²) in [4.78, 5) is 18.8. The second-order valence-electron chi connectivity index (χ2n) is 7.61. The van der Waals surface area contributed by atoms with Crippen LogP contribution in [0.1, 0.15) is 31.2 Å². The summed E-state index contributed by atoms with van der Waals surface area (Å²) >= 11 is 0. The monoisotopic (exact) mass is 402 g/mol. The number of carbonyl (C=O) groups excluding carboxylic acids is 1. The molecule has 3 rings (SSSR count). The van der Waals surface area contributed by atoms with Gasteiger partial charge in [-0.2, -0.15) is 0 Å². The van der Waals surface area contributed by atoms with Crippen molar-refractivity contribution < 1.29 is 14.3 Å². The van der Waals surface area contributed by atoms with E-state index in [-0.39, 0.29) is 12.5 Å². The molecule has 0 bridgehead atoms. The van der Waals surface area contributed by atoms with Gasteiger partial charge in [0.15, 0.2) is 5.96 Å². The second kappa shape index (κ2) is 11.8. The van der Waals surface area contributed by atoms with Gasteiger partial charge in [-0.15, -0.1) is 0 Å². The molecule has 0 saturated carbocycles. The number of aliphatic imine (C=N–C) groups is 1. The maximum atomic E-state index is 12.7. The van der Waals surface area contributed by atoms with E-state index in [2.05, 4.69) is 21.7 Å². The number of anilines is 1. The summed E-state index contributed by atoms with van der Waals surface area (Å²) in [6, 6.07) is 8.15. The van der Waals surface area contributed by atoms with Gasteiger partial charge >= 0.3 is 0 Å². The van der Waals surface area contributed by atoms with Gasteiger partial charge < -0.3 is 25.0 Å². The molecule has 0 aromatic heterocycles. The Kier molecular flexibility index (Phi) is 8.77. The van der Waals surface area contributed by atoms with Crippen LogP contribution in [0.25, 0.3) is 0 Å². The molecule has 1 fully saturated rings. The summed E-state index contributed by atoms with van der Waals surface area (Å²) in [5.41, 5.74) is 2.28. The lowest BCUT2D eigenvalue weighted by molar-refractivity contribution is -0.117. The molecule has 1 saturated heterocycles. The smallest absolute Gasteiger partial charge is 0.246 e. The number of benzene rings is 1. The Hall–Kier alpha value is -2.12. The molecule has 2 heterocycles. The maximum Gasteiger partial charge on any atom is 0.246 e. The van der Waals surface area contributed by atoms with Gasteiger partial charge in [0.05, 0.1) is 6.54 Å². The van der Waals surface area contributed by atoms with E-state index < -0.39 is 0 Å². The normalized spacial score (nSPS) is 17.7. The second-order valence-corrected chi connectivity index (χ2v) is 7.61. The van der Waals surface area contributed by atoms with Gasteiger partial charge in [-0.1, -0.05) is 18.2 Å². The van der Waals surface area contributed by atoms with Crippen molar-refractivity contribution in [1.29, 1.82) is 0 Å². The van der Waals surface area contributed by atoms with Crippen LogP contribution in [0.3, 0.4) is 0 Å². The molecule has 7 nitrogen and oxygen atoms in total. The van der Waals surface area contributed by atoms with Crippen LogP contribution < -0.4 is 15.5 Å². The minimum atomic E-state index is 0.0693. The SMILES string of the molecule is CN=C(NCCCOCC1CCOCC1)NCC(=O)N1CCCc2ccccc21. The Balaban J connectivity index is 1.31. The van der Waals surface area contributed by atoms with E-state index in [4.69, 9.17) is 9.47 Å². The first-order valence-corrected chi connectivity index (χ1v) is 10.8. The van der Waals surface area contributed by atoms with Crippen molar-refractivity contribution in [2.45, 2.75) is 32.1 Å². The zero-order valence-electron chi connectivity index (χ0n) is 17.5. The molecular weight excluding hydrogens is 368 g/mol. The molecule has 1 amide bonds. The number of aryl methyl sites for hydroxylation is 1. The fourth-order valence-corrected chi connectivity index (χ4v) is 3.81. The van der Waals surface area contributed by atoms with Crippen LogP contribution in [0, 0.1) is 5.92 Å². The van der Waals surface area contributed by atoms with Crippen LogP contribution in [0.15, 0.2) is 29.3 Å². The number of para-hydroxylation sites is 1. The highest BCUT2D eigenvalue weighted by molar-refractivity contribution is 5.98. The fourth-order valence-electron chi connectivity index (χ4n) is 3.81. The Morgan fingerprint density at radius 3 is 2.93 bits per heavy atom. The highest BCUT2D eigenvalue weighted by Gasteiger charge is 2.22. The number of ether oxygens (including phenoxy) is 2. The van der Waals surface area contributed by atoms with Gasteiger partial charge in [0, 0.05) is 52.3 Å². The van der Waals surface area contributed by atoms with Crippen LogP contribution in [-0.2, 0) is 20.7 Å². The fraction of sp³-hybridized carbons (Fsp3) is 0.636. The molecule has 2 N–H and O–H groups in total. The average molecular weight is 403 g/mol. The number of nitrogens with zero attached hydrogens (tertiary/aromatic N) is 2. The van der Waals surface area contributed by atoms with Crippen LogP contribution >= 0.6 is 0 Å². The van der Waals surface area contributed by atoms with Crippen LogP contribution in [0.4, 0.5) is 5.69 Å². The van der Waals surface area contributed by atoms with Crippen molar-refractivity contribution in [3.63, 3.8) is 0 Å². The van der Waals surface area contributed by atoms with Crippen molar-refractivity contribution in [3.8, 4) is 0 Å². The molecule has 7 heteroatoms. The summed E-state index contributed by atoms with van der Waals surface area (Å²) in [6.45, 7) is 5.03. The zero-order valence-corrected chi connectivity index (χ0v) is 17.5. The number of carbonyl (C=O) groups is 1. The molecule has 1 aromatic carbocycles. The summed E-state index contributed by atoms with van der Waals surface area (Å²) in [6.07, 6.45) is 5.14. The van der Waals surface area contributed by atoms with Crippen molar-refractivity contribution >= 4 is 17.6 Å². The number of amides is 1. The quantitative estimate of drug-likeness (QED) is 0.395. The van der Waals surface area contributed by atoms with Gasteiger partial charge in [-0.3, -0.25) is 9.79 Å². The molecule has 0 spiro atoms. The molecule has 1 aromatic rings. The van der Waals surface area contributed by atoms with Crippen LogP contribution in [0.5, 0.6) is 0 Å². The van der Waals surface area contributed by atoms with E-state index >= 15 is 0 Å². The maximum absolute atomic E-state index is 12.7. The highest BCUT2D eigenvalue weighted by atomic mass is 16.5. The minimum Gasteiger partial charge on any atom is -0.381 e. The van der Waals surface area contributed by atoms with Crippen LogP contribution in [0.2, 0.25) is 0 Å². The lowest BCUT2D eigenvalue weighted by Gasteiger charge is -2.29. The van der Waals surface area contributed by atoms with E-state index in [0.717, 1.165) is 77.3 Å². The number of fused-ring (bicyclic) bond motifs is 1. The minimum absolute atomic E-state index is 0.0693. The highest BCUT2D eigenvalue weighted by Crippen LogP contribution is 2.26. The standard InChI is InChI=1S/C22H34N4O3/c1-23-22(24-11-5-13-29-17-18-9-14-28-15-10-18)25-16-21(27)26-12-4-7-19-6-2-3-8-20(19)26/h2-3,6,8,18H,4-5,7,9-17H2,1H3,(H2,23,24,25). The summed E-state index contributed by atoms with van der Waals surface area (Å²) in [7, 11) is 1.72. The zero-order chi connectivity index (χ0) is 20.3. The molecule has 29 heavy (non-hydrogen) atoms. The van der Waals surface area contributed by atoms with Crippen molar-refractivity contribution in [2.24, 2.45) is 10.9 Å². The van der Waals surface area contributed by atoms with Gasteiger partial charge in [-0.25, -0.2) is 0 Å².